The molecule has 0 atom stereocenters. The van der Waals surface area contributed by atoms with Gasteiger partial charge in [0.25, 0.3) is 11.6 Å². The Labute approximate surface area is 131 Å². The van der Waals surface area contributed by atoms with E-state index in [0.29, 0.717) is 12.4 Å². The first kappa shape index (κ1) is 16.2. The fourth-order valence-electron chi connectivity index (χ4n) is 1.95. The molecule has 0 aliphatic carbocycles. The van der Waals surface area contributed by atoms with Gasteiger partial charge in [-0.2, -0.15) is 0 Å². The monoisotopic (exact) mass is 318 g/mol. The molecule has 0 saturated heterocycles. The Bertz CT molecular complexity index is 765. The third-order valence-electron chi connectivity index (χ3n) is 2.86. The van der Waals surface area contributed by atoms with Crippen LogP contribution in [0, 0.1) is 10.1 Å². The summed E-state index contributed by atoms with van der Waals surface area (Å²) in [7, 11) is 0. The van der Waals surface area contributed by atoms with E-state index in [4.69, 9.17) is 9.15 Å². The quantitative estimate of drug-likeness (QED) is 0.669. The molecule has 0 radical (unpaired) electrons. The van der Waals surface area contributed by atoms with E-state index in [9.17, 15) is 19.7 Å². The smallest absolute Gasteiger partial charge is 0.293 e. The third kappa shape index (κ3) is 3.73. The van der Waals surface area contributed by atoms with Crippen molar-refractivity contribution in [3.05, 3.63) is 46.2 Å². The van der Waals surface area contributed by atoms with Crippen molar-refractivity contribution in [3.8, 4) is 17.1 Å². The second-order valence-corrected chi connectivity index (χ2v) is 4.54. The van der Waals surface area contributed by atoms with Crippen LogP contribution in [0.2, 0.25) is 0 Å². The summed E-state index contributed by atoms with van der Waals surface area (Å²) in [5, 5.41) is 13.3. The van der Waals surface area contributed by atoms with Crippen LogP contribution in [0.3, 0.4) is 0 Å². The van der Waals surface area contributed by atoms with Gasteiger partial charge in [0.15, 0.2) is 5.76 Å². The molecule has 0 fully saturated rings. The highest BCUT2D eigenvalue weighted by Crippen LogP contribution is 2.34. The van der Waals surface area contributed by atoms with Gasteiger partial charge in [0, 0.05) is 6.92 Å². The Hall–Kier alpha value is -3.16. The molecular formula is C15H14N2O6. The van der Waals surface area contributed by atoms with Crippen LogP contribution in [-0.2, 0) is 4.79 Å². The molecule has 120 valence electrons. The van der Waals surface area contributed by atoms with Crippen LogP contribution in [-0.4, -0.2) is 23.3 Å². The molecule has 8 nitrogen and oxygen atoms in total. The van der Waals surface area contributed by atoms with Crippen LogP contribution >= 0.6 is 0 Å². The fraction of sp³-hybridized carbons (Fsp3) is 0.200. The number of nitrogens with zero attached hydrogens (tertiary/aromatic N) is 1. The van der Waals surface area contributed by atoms with Crippen molar-refractivity contribution in [1.29, 1.82) is 0 Å². The lowest BCUT2D eigenvalue weighted by Gasteiger charge is -2.05. The molecule has 0 saturated carbocycles. The van der Waals surface area contributed by atoms with Crippen LogP contribution in [0.5, 0.6) is 5.75 Å². The van der Waals surface area contributed by atoms with Crippen LogP contribution in [0.1, 0.15) is 24.4 Å². The van der Waals surface area contributed by atoms with Crippen molar-refractivity contribution in [2.75, 3.05) is 6.61 Å². The van der Waals surface area contributed by atoms with Gasteiger partial charge in [-0.15, -0.1) is 0 Å². The van der Waals surface area contributed by atoms with Crippen molar-refractivity contribution in [3.63, 3.8) is 0 Å². The number of imide groups is 1. The Balaban J connectivity index is 2.38. The number of amides is 2. The minimum atomic E-state index is -0.711. The maximum atomic E-state index is 11.7. The number of carbonyl (C=O) groups excluding carboxylic acids is 2. The summed E-state index contributed by atoms with van der Waals surface area (Å²) in [6, 6.07) is 7.11. The number of nitrogens with one attached hydrogen (secondary N) is 1. The zero-order valence-corrected chi connectivity index (χ0v) is 12.5. The van der Waals surface area contributed by atoms with E-state index in [0.717, 1.165) is 0 Å². The van der Waals surface area contributed by atoms with E-state index >= 15 is 0 Å². The number of nitro groups is 1. The molecule has 2 aromatic rings. The summed E-state index contributed by atoms with van der Waals surface area (Å²) in [4.78, 5) is 33.2. The van der Waals surface area contributed by atoms with Gasteiger partial charge in [-0.3, -0.25) is 25.0 Å². The summed E-state index contributed by atoms with van der Waals surface area (Å²) in [5.41, 5.74) is 0.00385. The number of furan rings is 1. The molecule has 0 spiro atoms. The highest BCUT2D eigenvalue weighted by Gasteiger charge is 2.21. The van der Waals surface area contributed by atoms with Crippen molar-refractivity contribution in [2.24, 2.45) is 0 Å². The van der Waals surface area contributed by atoms with Crippen molar-refractivity contribution >= 4 is 17.5 Å². The average Bonchev–Trinajstić information content (AvgIpc) is 2.96. The lowest BCUT2D eigenvalue weighted by atomic mass is 10.1. The molecule has 0 bridgehead atoms. The fourth-order valence-corrected chi connectivity index (χ4v) is 1.95. The Morgan fingerprint density at radius 2 is 2.04 bits per heavy atom. The van der Waals surface area contributed by atoms with Gasteiger partial charge in [-0.05, 0) is 31.2 Å². The van der Waals surface area contributed by atoms with Crippen LogP contribution in [0.25, 0.3) is 11.3 Å². The van der Waals surface area contributed by atoms with E-state index in [1.54, 1.807) is 13.0 Å². The van der Waals surface area contributed by atoms with Gasteiger partial charge in [-0.25, -0.2) is 0 Å². The third-order valence-corrected chi connectivity index (χ3v) is 2.86. The predicted octanol–water partition coefficient (Wildman–Crippen LogP) is 2.53. The van der Waals surface area contributed by atoms with E-state index in [1.165, 1.54) is 31.2 Å². The normalized spacial score (nSPS) is 10.2. The first-order valence-electron chi connectivity index (χ1n) is 6.75. The number of hydrogen-bond acceptors (Lipinski definition) is 6. The minimum Gasteiger partial charge on any atom is -0.494 e. The van der Waals surface area contributed by atoms with E-state index in [2.05, 4.69) is 5.32 Å². The highest BCUT2D eigenvalue weighted by molar-refractivity contribution is 6.02. The lowest BCUT2D eigenvalue weighted by molar-refractivity contribution is -0.384. The van der Waals surface area contributed by atoms with Crippen molar-refractivity contribution < 1.29 is 23.7 Å². The standard InChI is InChI=1S/C15H14N2O6/c1-3-22-10-4-5-11(12(8-10)17(20)21)13-6-7-14(23-13)15(19)16-9(2)18/h4-8H,3H2,1-2H3,(H,16,18,19). The van der Waals surface area contributed by atoms with E-state index in [-0.39, 0.29) is 22.8 Å². The topological polar surface area (TPSA) is 112 Å². The second kappa shape index (κ2) is 6.73. The first-order chi connectivity index (χ1) is 10.9. The molecular weight excluding hydrogens is 304 g/mol. The Kier molecular flexibility index (Phi) is 4.75. The summed E-state index contributed by atoms with van der Waals surface area (Å²) in [5.74, 6) is -0.840. The molecule has 2 rings (SSSR count). The minimum absolute atomic E-state index is 0.113. The summed E-state index contributed by atoms with van der Waals surface area (Å²) in [6.07, 6.45) is 0. The number of ether oxygens (including phenoxy) is 1. The van der Waals surface area contributed by atoms with Gasteiger partial charge in [-0.1, -0.05) is 0 Å². The largest absolute Gasteiger partial charge is 0.494 e. The van der Waals surface area contributed by atoms with Gasteiger partial charge in [0.1, 0.15) is 11.5 Å². The number of nitro benzene ring substituents is 1. The van der Waals surface area contributed by atoms with Crippen molar-refractivity contribution in [2.45, 2.75) is 13.8 Å². The van der Waals surface area contributed by atoms with E-state index < -0.39 is 16.7 Å². The summed E-state index contributed by atoms with van der Waals surface area (Å²) < 4.78 is 10.6. The number of rotatable bonds is 5. The van der Waals surface area contributed by atoms with Gasteiger partial charge in [0.2, 0.25) is 5.91 Å². The molecule has 1 N–H and O–H groups in total. The number of benzene rings is 1. The van der Waals surface area contributed by atoms with Gasteiger partial charge < -0.3 is 9.15 Å². The molecule has 2 amide bonds. The molecule has 0 aliphatic rings. The molecule has 0 unspecified atom stereocenters. The molecule has 1 aromatic carbocycles. The zero-order chi connectivity index (χ0) is 17.0. The Morgan fingerprint density at radius 1 is 1.30 bits per heavy atom. The number of carbonyl (C=O) groups is 2. The Morgan fingerprint density at radius 3 is 2.65 bits per heavy atom. The summed E-state index contributed by atoms with van der Waals surface area (Å²) in [6.45, 7) is 3.35. The first-order valence-corrected chi connectivity index (χ1v) is 6.75. The zero-order valence-electron chi connectivity index (χ0n) is 12.5. The average molecular weight is 318 g/mol. The second-order valence-electron chi connectivity index (χ2n) is 4.54. The predicted molar refractivity (Wildman–Crippen MR) is 80.1 cm³/mol. The van der Waals surface area contributed by atoms with Crippen LogP contribution < -0.4 is 10.1 Å². The maximum Gasteiger partial charge on any atom is 0.293 e. The van der Waals surface area contributed by atoms with Gasteiger partial charge >= 0.3 is 0 Å². The molecule has 1 heterocycles. The van der Waals surface area contributed by atoms with Crippen LogP contribution in [0.15, 0.2) is 34.7 Å². The molecule has 0 aliphatic heterocycles. The van der Waals surface area contributed by atoms with Gasteiger partial charge in [0.05, 0.1) is 23.2 Å². The van der Waals surface area contributed by atoms with Crippen molar-refractivity contribution in [1.82, 2.24) is 5.32 Å². The number of hydrogen-bond donors (Lipinski definition) is 1. The summed E-state index contributed by atoms with van der Waals surface area (Å²) >= 11 is 0. The maximum absolute atomic E-state index is 11.7. The SMILES string of the molecule is CCOc1ccc(-c2ccc(C(=O)NC(C)=O)o2)c([N+](=O)[O-])c1. The molecule has 23 heavy (non-hydrogen) atoms. The van der Waals surface area contributed by atoms with Crippen LogP contribution in [0.4, 0.5) is 5.69 Å². The lowest BCUT2D eigenvalue weighted by Crippen LogP contribution is -2.27. The highest BCUT2D eigenvalue weighted by atomic mass is 16.6. The molecule has 1 aromatic heterocycles. The van der Waals surface area contributed by atoms with E-state index in [1.807, 2.05) is 0 Å². The molecule has 8 heteroatoms.